The molecule has 8 nitrogen and oxygen atoms in total. The lowest BCUT2D eigenvalue weighted by atomic mass is 9.94. The summed E-state index contributed by atoms with van der Waals surface area (Å²) in [6.45, 7) is 6.96. The summed E-state index contributed by atoms with van der Waals surface area (Å²) in [5.74, 6) is -0.168. The van der Waals surface area contributed by atoms with Gasteiger partial charge in [-0.05, 0) is 54.8 Å². The number of aliphatic hydroxyl groups is 1. The molecule has 3 heterocycles. The summed E-state index contributed by atoms with van der Waals surface area (Å²) >= 11 is 0. The molecule has 2 atom stereocenters. The molecule has 2 aliphatic rings. The summed E-state index contributed by atoms with van der Waals surface area (Å²) in [4.78, 5) is 32.2. The van der Waals surface area contributed by atoms with Crippen molar-refractivity contribution < 1.29 is 24.2 Å². The van der Waals surface area contributed by atoms with Crippen LogP contribution in [-0.2, 0) is 22.6 Å². The second-order valence-electron chi connectivity index (χ2n) is 9.27. The first-order valence-corrected chi connectivity index (χ1v) is 12.3. The molecule has 0 aliphatic carbocycles. The fourth-order valence-electron chi connectivity index (χ4n) is 4.95. The van der Waals surface area contributed by atoms with Crippen molar-refractivity contribution in [3.8, 4) is 11.5 Å². The van der Waals surface area contributed by atoms with Crippen molar-refractivity contribution in [2.45, 2.75) is 38.5 Å². The van der Waals surface area contributed by atoms with E-state index in [0.717, 1.165) is 11.3 Å². The van der Waals surface area contributed by atoms with Crippen LogP contribution in [0, 0.1) is 0 Å². The normalized spacial score (nSPS) is 20.1. The Labute approximate surface area is 215 Å². The topological polar surface area (TPSA) is 93.9 Å². The van der Waals surface area contributed by atoms with Crippen LogP contribution in [0.15, 0.2) is 79.4 Å². The molecule has 0 saturated carbocycles. The Bertz CT molecular complexity index is 1360. The maximum absolute atomic E-state index is 13.4. The summed E-state index contributed by atoms with van der Waals surface area (Å²) in [7, 11) is 0. The van der Waals surface area contributed by atoms with E-state index in [1.54, 1.807) is 42.9 Å². The van der Waals surface area contributed by atoms with Crippen LogP contribution in [0.5, 0.6) is 11.5 Å². The van der Waals surface area contributed by atoms with Gasteiger partial charge >= 0.3 is 0 Å². The lowest BCUT2D eigenvalue weighted by Crippen LogP contribution is -2.31. The van der Waals surface area contributed by atoms with Gasteiger partial charge in [-0.2, -0.15) is 0 Å². The van der Waals surface area contributed by atoms with Gasteiger partial charge in [-0.25, -0.2) is 4.98 Å². The SMILES string of the molecule is C=CCOc1cccc([C@@H]2/C(=C(\O)c3ccc4c(c3)C[C@H](C)O4)C(=O)C(=O)N2CCCn2ccnc2)c1. The summed E-state index contributed by atoms with van der Waals surface area (Å²) < 4.78 is 13.4. The maximum atomic E-state index is 13.4. The minimum atomic E-state index is -0.751. The number of hydrogen-bond acceptors (Lipinski definition) is 6. The number of carbonyl (C=O) groups excluding carboxylic acids is 2. The van der Waals surface area contributed by atoms with Crippen LogP contribution in [0.1, 0.15) is 36.1 Å². The van der Waals surface area contributed by atoms with Crippen LogP contribution in [0.4, 0.5) is 0 Å². The number of hydrogen-bond donors (Lipinski definition) is 1. The Kier molecular flexibility index (Phi) is 6.81. The van der Waals surface area contributed by atoms with Gasteiger partial charge in [0.2, 0.25) is 0 Å². The number of amides is 1. The third kappa shape index (κ3) is 4.87. The number of aryl methyl sites for hydroxylation is 1. The highest BCUT2D eigenvalue weighted by molar-refractivity contribution is 6.46. The van der Waals surface area contributed by atoms with Crippen molar-refractivity contribution in [2.24, 2.45) is 0 Å². The number of rotatable bonds is 9. The maximum Gasteiger partial charge on any atom is 0.295 e. The van der Waals surface area contributed by atoms with Gasteiger partial charge in [0.25, 0.3) is 11.7 Å². The Morgan fingerprint density at radius 3 is 2.89 bits per heavy atom. The van der Waals surface area contributed by atoms with E-state index >= 15 is 0 Å². The summed E-state index contributed by atoms with van der Waals surface area (Å²) in [5, 5.41) is 11.4. The fraction of sp³-hybridized carbons (Fsp3) is 0.276. The molecule has 8 heteroatoms. The average molecular weight is 500 g/mol. The Morgan fingerprint density at radius 1 is 1.24 bits per heavy atom. The van der Waals surface area contributed by atoms with Crippen molar-refractivity contribution >= 4 is 17.4 Å². The largest absolute Gasteiger partial charge is 0.507 e. The minimum absolute atomic E-state index is 0.0479. The number of benzene rings is 2. The molecule has 1 N–H and O–H groups in total. The first-order chi connectivity index (χ1) is 18.0. The van der Waals surface area contributed by atoms with Crippen LogP contribution in [-0.4, -0.2) is 50.5 Å². The van der Waals surface area contributed by atoms with Crippen LogP contribution < -0.4 is 9.47 Å². The molecule has 190 valence electrons. The molecule has 1 aromatic heterocycles. The lowest BCUT2D eigenvalue weighted by molar-refractivity contribution is -0.139. The van der Waals surface area contributed by atoms with Crippen molar-refractivity contribution in [3.05, 3.63) is 96.1 Å². The van der Waals surface area contributed by atoms with Gasteiger partial charge < -0.3 is 24.0 Å². The smallest absolute Gasteiger partial charge is 0.295 e. The molecule has 0 unspecified atom stereocenters. The second kappa shape index (κ2) is 10.3. The number of ether oxygens (including phenoxy) is 2. The minimum Gasteiger partial charge on any atom is -0.507 e. The van der Waals surface area contributed by atoms with E-state index in [1.807, 2.05) is 35.9 Å². The third-order valence-corrected chi connectivity index (χ3v) is 6.63. The number of aliphatic hydroxyl groups excluding tert-OH is 1. The Hall–Kier alpha value is -4.33. The number of Topliss-reactive ketones (excluding diaryl/α,β-unsaturated/α-hetero) is 1. The van der Waals surface area contributed by atoms with Gasteiger partial charge in [0.05, 0.1) is 17.9 Å². The highest BCUT2D eigenvalue weighted by Gasteiger charge is 2.46. The monoisotopic (exact) mass is 499 g/mol. The molecule has 0 radical (unpaired) electrons. The highest BCUT2D eigenvalue weighted by Crippen LogP contribution is 2.41. The first-order valence-electron chi connectivity index (χ1n) is 12.3. The van der Waals surface area contributed by atoms with Crippen molar-refractivity contribution in [2.75, 3.05) is 13.2 Å². The van der Waals surface area contributed by atoms with Crippen LogP contribution in [0.3, 0.4) is 0 Å². The van der Waals surface area contributed by atoms with Gasteiger partial charge in [0, 0.05) is 37.5 Å². The molecule has 1 saturated heterocycles. The van der Waals surface area contributed by atoms with E-state index in [-0.39, 0.29) is 17.4 Å². The number of fused-ring (bicyclic) bond motifs is 1. The molecule has 5 rings (SSSR count). The molecule has 1 amide bonds. The molecule has 0 bridgehead atoms. The number of aromatic nitrogens is 2. The van der Waals surface area contributed by atoms with Crippen molar-refractivity contribution in [1.82, 2.24) is 14.5 Å². The zero-order valence-corrected chi connectivity index (χ0v) is 20.7. The van der Waals surface area contributed by atoms with Gasteiger partial charge in [0.15, 0.2) is 0 Å². The van der Waals surface area contributed by atoms with Crippen LogP contribution in [0.25, 0.3) is 5.76 Å². The zero-order chi connectivity index (χ0) is 25.9. The molecule has 2 aromatic carbocycles. The van der Waals surface area contributed by atoms with Crippen molar-refractivity contribution in [3.63, 3.8) is 0 Å². The van der Waals surface area contributed by atoms with E-state index < -0.39 is 17.7 Å². The summed E-state index contributed by atoms with van der Waals surface area (Å²) in [5.41, 5.74) is 2.20. The lowest BCUT2D eigenvalue weighted by Gasteiger charge is -2.26. The van der Waals surface area contributed by atoms with Gasteiger partial charge in [-0.15, -0.1) is 0 Å². The van der Waals surface area contributed by atoms with Gasteiger partial charge in [-0.1, -0.05) is 24.8 Å². The standard InChI is InChI=1S/C29H29N3O5/c1-3-14-36-23-7-4-6-20(17-23)26-25(27(33)21-8-9-24-22(16-21)15-19(2)37-24)28(34)29(35)32(26)12-5-11-31-13-10-30-18-31/h3-4,6-10,13,16-19,26,33H,1,5,11-12,14-15H2,2H3/b27-25+/t19-,26+/m0/s1. The molecular weight excluding hydrogens is 470 g/mol. The summed E-state index contributed by atoms with van der Waals surface area (Å²) in [6.07, 6.45) is 8.28. The Balaban J connectivity index is 1.54. The predicted molar refractivity (Wildman–Crippen MR) is 138 cm³/mol. The molecular formula is C29H29N3O5. The second-order valence-corrected chi connectivity index (χ2v) is 9.27. The molecule has 0 spiro atoms. The number of ketones is 1. The number of likely N-dealkylation sites (tertiary alicyclic amines) is 1. The molecule has 2 aliphatic heterocycles. The number of nitrogens with zero attached hydrogens (tertiary/aromatic N) is 3. The van der Waals surface area contributed by atoms with Crippen LogP contribution in [0.2, 0.25) is 0 Å². The van der Waals surface area contributed by atoms with E-state index in [9.17, 15) is 14.7 Å². The van der Waals surface area contributed by atoms with Gasteiger partial charge in [-0.3, -0.25) is 9.59 Å². The van der Waals surface area contributed by atoms with E-state index in [1.165, 1.54) is 4.90 Å². The van der Waals surface area contributed by atoms with Crippen LogP contribution >= 0.6 is 0 Å². The predicted octanol–water partition coefficient (Wildman–Crippen LogP) is 4.28. The van der Waals surface area contributed by atoms with Crippen molar-refractivity contribution in [1.29, 1.82) is 0 Å². The zero-order valence-electron chi connectivity index (χ0n) is 20.7. The molecule has 37 heavy (non-hydrogen) atoms. The van der Waals surface area contributed by atoms with E-state index in [0.29, 0.717) is 49.4 Å². The van der Waals surface area contributed by atoms with E-state index in [2.05, 4.69) is 11.6 Å². The first kappa shape index (κ1) is 24.4. The highest BCUT2D eigenvalue weighted by atomic mass is 16.5. The Morgan fingerprint density at radius 2 is 2.11 bits per heavy atom. The van der Waals surface area contributed by atoms with Gasteiger partial charge in [0.1, 0.15) is 30.0 Å². The third-order valence-electron chi connectivity index (χ3n) is 6.63. The summed E-state index contributed by atoms with van der Waals surface area (Å²) in [6, 6.07) is 11.9. The number of imidazole rings is 1. The molecule has 1 fully saturated rings. The average Bonchev–Trinajstić information content (AvgIpc) is 3.61. The number of carbonyl (C=O) groups is 2. The fourth-order valence-corrected chi connectivity index (χ4v) is 4.95. The molecule has 3 aromatic rings. The van der Waals surface area contributed by atoms with E-state index in [4.69, 9.17) is 9.47 Å². The quantitative estimate of drug-likeness (QED) is 0.204.